The first-order valence-electron chi connectivity index (χ1n) is 12.0. The molecule has 6 heteroatoms. The number of likely N-dealkylation sites (tertiary alicyclic amines) is 1. The molecule has 2 heterocycles. The number of anilines is 1. The van der Waals surface area contributed by atoms with Gasteiger partial charge in [-0.15, -0.1) is 0 Å². The fraction of sp³-hybridized carbons (Fsp3) is 0.310. The molecule has 2 aliphatic heterocycles. The van der Waals surface area contributed by atoms with Gasteiger partial charge in [0, 0.05) is 34.2 Å². The first-order chi connectivity index (χ1) is 16.9. The highest BCUT2D eigenvalue weighted by Crippen LogP contribution is 2.48. The van der Waals surface area contributed by atoms with Crippen molar-refractivity contribution in [2.75, 3.05) is 31.6 Å². The molecule has 0 atom stereocenters. The van der Waals surface area contributed by atoms with E-state index in [1.165, 1.54) is 23.8 Å². The molecule has 0 aliphatic carbocycles. The lowest BCUT2D eigenvalue weighted by Crippen LogP contribution is -2.45. The van der Waals surface area contributed by atoms with Gasteiger partial charge >= 0.3 is 5.97 Å². The number of hydrogen-bond donors (Lipinski definition) is 0. The molecule has 180 valence electrons. The summed E-state index contributed by atoms with van der Waals surface area (Å²) in [6.07, 6.45) is 2.01. The number of benzene rings is 3. The fourth-order valence-corrected chi connectivity index (χ4v) is 5.83. The van der Waals surface area contributed by atoms with Crippen LogP contribution >= 0.6 is 15.9 Å². The van der Waals surface area contributed by atoms with Crippen molar-refractivity contribution >= 4 is 33.5 Å². The third kappa shape index (κ3) is 4.65. The van der Waals surface area contributed by atoms with Gasteiger partial charge in [0.2, 0.25) is 0 Å². The van der Waals surface area contributed by atoms with E-state index in [4.69, 9.17) is 4.74 Å². The molecule has 1 amide bonds. The van der Waals surface area contributed by atoms with Crippen LogP contribution in [0, 0.1) is 6.92 Å². The summed E-state index contributed by atoms with van der Waals surface area (Å²) in [5.74, 6) is -0.255. The third-order valence-corrected chi connectivity index (χ3v) is 7.88. The zero-order chi connectivity index (χ0) is 24.6. The fourth-order valence-electron chi connectivity index (χ4n) is 5.43. The lowest BCUT2D eigenvalue weighted by Gasteiger charge is -2.40. The van der Waals surface area contributed by atoms with Gasteiger partial charge in [-0.25, -0.2) is 4.79 Å². The molecule has 0 saturated carbocycles. The van der Waals surface area contributed by atoms with Crippen LogP contribution in [0.2, 0.25) is 0 Å². The monoisotopic (exact) mass is 532 g/mol. The highest BCUT2D eigenvalue weighted by atomic mass is 79.9. The number of rotatable bonds is 4. The molecular weight excluding hydrogens is 504 g/mol. The van der Waals surface area contributed by atoms with Crippen molar-refractivity contribution in [2.24, 2.45) is 0 Å². The number of carbonyl (C=O) groups excluding carboxylic acids is 2. The predicted molar refractivity (Wildman–Crippen MR) is 141 cm³/mol. The Morgan fingerprint density at radius 2 is 1.71 bits per heavy atom. The predicted octanol–water partition coefficient (Wildman–Crippen LogP) is 5.74. The van der Waals surface area contributed by atoms with E-state index in [-0.39, 0.29) is 17.3 Å². The summed E-state index contributed by atoms with van der Waals surface area (Å²) in [7, 11) is 1.40. The average molecular weight is 533 g/mol. The van der Waals surface area contributed by atoms with Crippen LogP contribution in [-0.4, -0.2) is 43.5 Å². The van der Waals surface area contributed by atoms with Crippen molar-refractivity contribution in [2.45, 2.75) is 31.7 Å². The number of ether oxygens (including phenoxy) is 1. The maximum atomic E-state index is 13.5. The quantitative estimate of drug-likeness (QED) is 0.402. The number of hydrogen-bond acceptors (Lipinski definition) is 4. The maximum Gasteiger partial charge on any atom is 0.337 e. The Bertz CT molecular complexity index is 1260. The molecule has 1 saturated heterocycles. The van der Waals surface area contributed by atoms with Crippen LogP contribution in [0.25, 0.3) is 0 Å². The van der Waals surface area contributed by atoms with Gasteiger partial charge in [0.15, 0.2) is 0 Å². The van der Waals surface area contributed by atoms with Gasteiger partial charge in [0.25, 0.3) is 5.91 Å². The molecule has 35 heavy (non-hydrogen) atoms. The average Bonchev–Trinajstić information content (AvgIpc) is 3.18. The van der Waals surface area contributed by atoms with E-state index in [1.54, 1.807) is 0 Å². The van der Waals surface area contributed by atoms with Gasteiger partial charge in [-0.3, -0.25) is 9.69 Å². The van der Waals surface area contributed by atoms with Crippen molar-refractivity contribution in [3.8, 4) is 0 Å². The number of aryl methyl sites for hydroxylation is 1. The number of halogens is 1. The number of nitrogens with zero attached hydrogens (tertiary/aromatic N) is 2. The van der Waals surface area contributed by atoms with E-state index in [2.05, 4.69) is 46.0 Å². The number of fused-ring (bicyclic) bond motifs is 2. The zero-order valence-corrected chi connectivity index (χ0v) is 21.7. The minimum atomic E-state index is -0.311. The van der Waals surface area contributed by atoms with Crippen LogP contribution in [0.1, 0.15) is 50.2 Å². The smallest absolute Gasteiger partial charge is 0.337 e. The molecule has 0 aromatic heterocycles. The Kier molecular flexibility index (Phi) is 6.51. The Morgan fingerprint density at radius 3 is 2.40 bits per heavy atom. The van der Waals surface area contributed by atoms with Gasteiger partial charge in [0.05, 0.1) is 12.7 Å². The molecule has 3 aromatic rings. The van der Waals surface area contributed by atoms with Crippen molar-refractivity contribution in [3.63, 3.8) is 0 Å². The van der Waals surface area contributed by atoms with E-state index in [0.717, 1.165) is 49.2 Å². The number of methoxy groups -OCH3 is 1. The second-order valence-electron chi connectivity index (χ2n) is 9.67. The molecule has 0 bridgehead atoms. The van der Waals surface area contributed by atoms with Gasteiger partial charge in [-0.2, -0.15) is 0 Å². The topological polar surface area (TPSA) is 49.9 Å². The van der Waals surface area contributed by atoms with E-state index in [1.807, 2.05) is 53.4 Å². The molecule has 5 nitrogen and oxygen atoms in total. The second-order valence-corrected chi connectivity index (χ2v) is 10.6. The number of amides is 1. The molecule has 0 N–H and O–H groups in total. The molecule has 3 aromatic carbocycles. The number of esters is 1. The molecular formula is C29H29BrN2O3. The molecule has 5 rings (SSSR count). The van der Waals surface area contributed by atoms with Crippen molar-refractivity contribution in [1.82, 2.24) is 4.90 Å². The van der Waals surface area contributed by atoms with Gasteiger partial charge in [-0.1, -0.05) is 51.8 Å². The Hall–Kier alpha value is -2.96. The van der Waals surface area contributed by atoms with Gasteiger partial charge in [-0.05, 0) is 80.4 Å². The normalized spacial score (nSPS) is 16.8. The molecule has 0 unspecified atom stereocenters. The number of piperidine rings is 1. The lowest BCUT2D eigenvalue weighted by atomic mass is 9.74. The Balaban J connectivity index is 1.33. The van der Waals surface area contributed by atoms with Crippen LogP contribution in [0.4, 0.5) is 5.69 Å². The van der Waals surface area contributed by atoms with Crippen LogP contribution < -0.4 is 4.90 Å². The van der Waals surface area contributed by atoms with Crippen LogP contribution in [0.5, 0.6) is 0 Å². The van der Waals surface area contributed by atoms with Gasteiger partial charge in [0.1, 0.15) is 0 Å². The van der Waals surface area contributed by atoms with Gasteiger partial charge < -0.3 is 9.64 Å². The lowest BCUT2D eigenvalue weighted by molar-refractivity contribution is 0.0600. The highest BCUT2D eigenvalue weighted by molar-refractivity contribution is 9.10. The minimum absolute atomic E-state index is 0.0196. The van der Waals surface area contributed by atoms with Crippen molar-refractivity contribution < 1.29 is 14.3 Å². The number of carbonyl (C=O) groups is 2. The maximum absolute atomic E-state index is 13.5. The van der Waals surface area contributed by atoms with E-state index in [9.17, 15) is 9.59 Å². The standard InChI is InChI=1S/C29H29BrN2O3/c1-20-6-11-26-25(16-20)29(19-32(26)27(33)23-4-3-5-24(30)17-23)12-14-31(15-13-29)18-21-7-9-22(10-8-21)28(34)35-2/h3-11,16-17H,12-15,18-19H2,1-2H3. The summed E-state index contributed by atoms with van der Waals surface area (Å²) in [4.78, 5) is 29.7. The highest BCUT2D eigenvalue weighted by Gasteiger charge is 2.46. The largest absolute Gasteiger partial charge is 0.465 e. The van der Waals surface area contributed by atoms with Crippen LogP contribution in [0.3, 0.4) is 0 Å². The van der Waals surface area contributed by atoms with Crippen molar-refractivity contribution in [3.05, 3.63) is 99.0 Å². The second kappa shape index (κ2) is 9.59. The molecule has 1 fully saturated rings. The summed E-state index contributed by atoms with van der Waals surface area (Å²) in [5, 5.41) is 0. The Labute approximate surface area is 214 Å². The minimum Gasteiger partial charge on any atom is -0.465 e. The summed E-state index contributed by atoms with van der Waals surface area (Å²) >= 11 is 3.50. The van der Waals surface area contributed by atoms with E-state index < -0.39 is 0 Å². The van der Waals surface area contributed by atoms with Crippen molar-refractivity contribution in [1.29, 1.82) is 0 Å². The summed E-state index contributed by atoms with van der Waals surface area (Å²) in [5.41, 5.74) is 6.03. The first-order valence-corrected chi connectivity index (χ1v) is 12.8. The molecule has 2 aliphatic rings. The molecule has 0 radical (unpaired) electrons. The Morgan fingerprint density at radius 1 is 0.971 bits per heavy atom. The summed E-state index contributed by atoms with van der Waals surface area (Å²) in [6.45, 7) is 5.62. The third-order valence-electron chi connectivity index (χ3n) is 7.39. The van der Waals surface area contributed by atoms with Crippen LogP contribution in [0.15, 0.2) is 71.2 Å². The SMILES string of the molecule is COC(=O)c1ccc(CN2CCC3(CC2)CN(C(=O)c2cccc(Br)c2)c2ccc(C)cc23)cc1. The summed E-state index contributed by atoms with van der Waals surface area (Å²) in [6, 6.07) is 21.8. The summed E-state index contributed by atoms with van der Waals surface area (Å²) < 4.78 is 5.71. The van der Waals surface area contributed by atoms with Crippen LogP contribution in [-0.2, 0) is 16.7 Å². The van der Waals surface area contributed by atoms with E-state index >= 15 is 0 Å². The zero-order valence-electron chi connectivity index (χ0n) is 20.1. The van der Waals surface area contributed by atoms with E-state index in [0.29, 0.717) is 11.1 Å². The molecule has 1 spiro atoms. The first kappa shape index (κ1) is 23.8.